The van der Waals surface area contributed by atoms with Crippen LogP contribution >= 0.6 is 43.6 Å². The maximum absolute atomic E-state index is 4.56. The van der Waals surface area contributed by atoms with Crippen molar-refractivity contribution in [1.82, 2.24) is 18.7 Å². The first-order valence-corrected chi connectivity index (χ1v) is 7.15. The highest BCUT2D eigenvalue weighted by atomic mass is 79.9. The Kier molecular flexibility index (Phi) is 2.64. The molecule has 0 unspecified atom stereocenters. The minimum Gasteiger partial charge on any atom is -0.248 e. The third kappa shape index (κ3) is 1.60. The molecule has 3 rings (SSSR count). The van der Waals surface area contributed by atoms with E-state index >= 15 is 0 Å². The van der Waals surface area contributed by atoms with Gasteiger partial charge in [-0.25, -0.2) is 9.97 Å². The number of aryl methyl sites for hydroxylation is 2. The minimum atomic E-state index is 0.820. The van der Waals surface area contributed by atoms with E-state index in [1.807, 2.05) is 13.8 Å². The second-order valence-electron chi connectivity index (χ2n) is 3.68. The maximum atomic E-state index is 4.56. The van der Waals surface area contributed by atoms with Crippen LogP contribution in [0.15, 0.2) is 8.95 Å². The summed E-state index contributed by atoms with van der Waals surface area (Å²) in [4.78, 5) is 9.13. The summed E-state index contributed by atoms with van der Waals surface area (Å²) in [5.74, 6) is 0. The number of aromatic nitrogens is 4. The van der Waals surface area contributed by atoms with E-state index in [-0.39, 0.29) is 0 Å². The number of fused-ring (bicyclic) bond motifs is 2. The minimum absolute atomic E-state index is 0.820. The van der Waals surface area contributed by atoms with Crippen molar-refractivity contribution in [2.45, 2.75) is 13.8 Å². The Balaban J connectivity index is 2.63. The Labute approximate surface area is 118 Å². The topological polar surface area (TPSA) is 51.6 Å². The lowest BCUT2D eigenvalue weighted by Gasteiger charge is -2.06. The van der Waals surface area contributed by atoms with Crippen molar-refractivity contribution in [3.8, 4) is 0 Å². The van der Waals surface area contributed by atoms with Gasteiger partial charge in [-0.3, -0.25) is 0 Å². The monoisotopic (exact) mass is 372 g/mol. The molecule has 0 spiro atoms. The molecule has 0 aliphatic rings. The van der Waals surface area contributed by atoms with Gasteiger partial charge in [-0.05, 0) is 45.7 Å². The lowest BCUT2D eigenvalue weighted by Crippen LogP contribution is -1.95. The molecule has 0 aliphatic carbocycles. The van der Waals surface area contributed by atoms with Crippen molar-refractivity contribution in [3.05, 3.63) is 20.3 Å². The molecule has 17 heavy (non-hydrogen) atoms. The normalized spacial score (nSPS) is 11.5. The maximum Gasteiger partial charge on any atom is 0.122 e. The van der Waals surface area contributed by atoms with Gasteiger partial charge in [-0.15, -0.1) is 0 Å². The van der Waals surface area contributed by atoms with E-state index in [0.29, 0.717) is 0 Å². The van der Waals surface area contributed by atoms with Crippen LogP contribution in [0.25, 0.3) is 22.1 Å². The van der Waals surface area contributed by atoms with Crippen molar-refractivity contribution in [2.24, 2.45) is 0 Å². The van der Waals surface area contributed by atoms with Crippen LogP contribution < -0.4 is 0 Å². The van der Waals surface area contributed by atoms with Gasteiger partial charge in [0, 0.05) is 0 Å². The summed E-state index contributed by atoms with van der Waals surface area (Å²) in [6.07, 6.45) is 0. The molecule has 0 saturated carbocycles. The number of rotatable bonds is 0. The summed E-state index contributed by atoms with van der Waals surface area (Å²) in [6, 6.07) is 0. The van der Waals surface area contributed by atoms with Gasteiger partial charge >= 0.3 is 0 Å². The molecule has 0 amide bonds. The highest BCUT2D eigenvalue weighted by Crippen LogP contribution is 2.36. The number of nitrogens with zero attached hydrogens (tertiary/aromatic N) is 4. The Morgan fingerprint density at radius 3 is 1.59 bits per heavy atom. The third-order valence-corrected chi connectivity index (χ3v) is 4.66. The van der Waals surface area contributed by atoms with Gasteiger partial charge in [0.25, 0.3) is 0 Å². The van der Waals surface area contributed by atoms with E-state index in [2.05, 4.69) is 50.6 Å². The van der Waals surface area contributed by atoms with Crippen LogP contribution in [0.3, 0.4) is 0 Å². The fourth-order valence-electron chi connectivity index (χ4n) is 1.61. The van der Waals surface area contributed by atoms with E-state index in [1.54, 1.807) is 0 Å². The number of hydrogen-bond donors (Lipinski definition) is 0. The SMILES string of the molecule is Cc1nc2c(Br)c3nsnc3c(Br)c2nc1C. The third-order valence-electron chi connectivity index (χ3n) is 2.63. The van der Waals surface area contributed by atoms with Crippen LogP contribution in [0.2, 0.25) is 0 Å². The zero-order valence-corrected chi connectivity index (χ0v) is 12.9. The summed E-state index contributed by atoms with van der Waals surface area (Å²) >= 11 is 8.26. The first-order valence-electron chi connectivity index (χ1n) is 4.83. The molecule has 0 saturated heterocycles. The fraction of sp³-hybridized carbons (Fsp3) is 0.200. The predicted octanol–water partition coefficient (Wildman–Crippen LogP) is 3.78. The average Bonchev–Trinajstić information content (AvgIpc) is 2.78. The second-order valence-corrected chi connectivity index (χ2v) is 5.80. The Bertz CT molecular complexity index is 691. The molecule has 0 N–H and O–H groups in total. The van der Waals surface area contributed by atoms with Crippen molar-refractivity contribution >= 4 is 65.7 Å². The molecule has 2 aromatic heterocycles. The summed E-state index contributed by atoms with van der Waals surface area (Å²) in [7, 11) is 0. The second kappa shape index (κ2) is 3.93. The van der Waals surface area contributed by atoms with E-state index in [9.17, 15) is 0 Å². The largest absolute Gasteiger partial charge is 0.248 e. The molecule has 0 atom stereocenters. The van der Waals surface area contributed by atoms with E-state index in [1.165, 1.54) is 11.7 Å². The van der Waals surface area contributed by atoms with E-state index in [0.717, 1.165) is 42.4 Å². The van der Waals surface area contributed by atoms with Gasteiger partial charge in [-0.2, -0.15) is 8.75 Å². The molecule has 3 aromatic rings. The van der Waals surface area contributed by atoms with Crippen LogP contribution in [-0.4, -0.2) is 18.7 Å². The van der Waals surface area contributed by atoms with Gasteiger partial charge in [0.2, 0.25) is 0 Å². The molecule has 4 nitrogen and oxygen atoms in total. The van der Waals surface area contributed by atoms with Crippen molar-refractivity contribution in [3.63, 3.8) is 0 Å². The summed E-state index contributed by atoms with van der Waals surface area (Å²) in [5.41, 5.74) is 5.14. The zero-order valence-electron chi connectivity index (χ0n) is 8.95. The molecular formula is C10H6Br2N4S. The molecule has 86 valence electrons. The highest BCUT2D eigenvalue weighted by molar-refractivity contribution is 9.11. The first-order chi connectivity index (χ1) is 8.09. The first kappa shape index (κ1) is 11.4. The van der Waals surface area contributed by atoms with Crippen LogP contribution in [-0.2, 0) is 0 Å². The molecular weight excluding hydrogens is 368 g/mol. The standard InChI is InChI=1S/C10H6Br2N4S/c1-3-4(2)14-8-6(12)10-9(15-17-16-10)5(11)7(8)13-3/h1-2H3. The Morgan fingerprint density at radius 2 is 1.18 bits per heavy atom. The average molecular weight is 374 g/mol. The predicted molar refractivity (Wildman–Crippen MR) is 75.4 cm³/mol. The quantitative estimate of drug-likeness (QED) is 0.601. The van der Waals surface area contributed by atoms with Gasteiger partial charge in [0.1, 0.15) is 22.1 Å². The Morgan fingerprint density at radius 1 is 0.765 bits per heavy atom. The zero-order chi connectivity index (χ0) is 12.2. The Hall–Kier alpha value is -0.660. The fourth-order valence-corrected chi connectivity index (χ4v) is 3.51. The molecule has 0 bridgehead atoms. The molecule has 0 aliphatic heterocycles. The lowest BCUT2D eigenvalue weighted by atomic mass is 10.2. The molecule has 1 aromatic carbocycles. The van der Waals surface area contributed by atoms with Crippen molar-refractivity contribution in [2.75, 3.05) is 0 Å². The van der Waals surface area contributed by atoms with Crippen LogP contribution in [0.1, 0.15) is 11.4 Å². The van der Waals surface area contributed by atoms with Crippen LogP contribution in [0.5, 0.6) is 0 Å². The van der Waals surface area contributed by atoms with Crippen molar-refractivity contribution < 1.29 is 0 Å². The van der Waals surface area contributed by atoms with Crippen LogP contribution in [0, 0.1) is 13.8 Å². The molecule has 0 fully saturated rings. The number of benzene rings is 1. The smallest absolute Gasteiger partial charge is 0.122 e. The van der Waals surface area contributed by atoms with Gasteiger partial charge < -0.3 is 0 Å². The summed E-state index contributed by atoms with van der Waals surface area (Å²) < 4.78 is 10.2. The molecule has 2 heterocycles. The van der Waals surface area contributed by atoms with Crippen LogP contribution in [0.4, 0.5) is 0 Å². The summed E-state index contributed by atoms with van der Waals surface area (Å²) in [6.45, 7) is 3.90. The molecule has 7 heteroatoms. The van der Waals surface area contributed by atoms with E-state index in [4.69, 9.17) is 0 Å². The van der Waals surface area contributed by atoms with Gasteiger partial charge in [0.05, 0.1) is 32.1 Å². The molecule has 0 radical (unpaired) electrons. The number of hydrogen-bond acceptors (Lipinski definition) is 5. The van der Waals surface area contributed by atoms with Gasteiger partial charge in [0.15, 0.2) is 0 Å². The number of halogens is 2. The van der Waals surface area contributed by atoms with Crippen molar-refractivity contribution in [1.29, 1.82) is 0 Å². The summed E-state index contributed by atoms with van der Waals surface area (Å²) in [5, 5.41) is 0. The highest BCUT2D eigenvalue weighted by Gasteiger charge is 2.17. The van der Waals surface area contributed by atoms with E-state index < -0.39 is 0 Å². The van der Waals surface area contributed by atoms with Gasteiger partial charge in [-0.1, -0.05) is 0 Å². The lowest BCUT2D eigenvalue weighted by molar-refractivity contribution is 1.10.